The molecule has 21 heavy (non-hydrogen) atoms. The normalized spacial score (nSPS) is 19.6. The predicted molar refractivity (Wildman–Crippen MR) is 80.7 cm³/mol. The van der Waals surface area contributed by atoms with Crippen molar-refractivity contribution < 1.29 is 17.9 Å². The molecule has 0 N–H and O–H groups in total. The van der Waals surface area contributed by atoms with Crippen LogP contribution >= 0.6 is 0 Å². The van der Waals surface area contributed by atoms with Crippen LogP contribution in [0.5, 0.6) is 0 Å². The second-order valence-corrected chi connectivity index (χ2v) is 7.40. The van der Waals surface area contributed by atoms with E-state index in [-0.39, 0.29) is 0 Å². The molecule has 1 aliphatic heterocycles. The topological polar surface area (TPSA) is 55.8 Å². The van der Waals surface area contributed by atoms with Crippen LogP contribution in [0.15, 0.2) is 23.1 Å². The monoisotopic (exact) mass is 313 g/mol. The molecule has 6 heteroatoms. The lowest BCUT2D eigenvalue weighted by molar-refractivity contribution is -0.224. The van der Waals surface area contributed by atoms with E-state index in [9.17, 15) is 8.42 Å². The second kappa shape index (κ2) is 6.04. The molecular formula is C15H23NO4S. The third-order valence-electron chi connectivity index (χ3n) is 4.19. The minimum absolute atomic E-state index is 0.393. The van der Waals surface area contributed by atoms with Crippen molar-refractivity contribution in [1.29, 1.82) is 0 Å². The molecule has 0 aromatic heterocycles. The van der Waals surface area contributed by atoms with E-state index >= 15 is 0 Å². The summed E-state index contributed by atoms with van der Waals surface area (Å²) < 4.78 is 37.9. The molecule has 118 valence electrons. The van der Waals surface area contributed by atoms with E-state index in [2.05, 4.69) is 0 Å². The van der Waals surface area contributed by atoms with Gasteiger partial charge in [-0.3, -0.25) is 0 Å². The molecule has 0 radical (unpaired) electrons. The Morgan fingerprint density at radius 3 is 2.19 bits per heavy atom. The number of methoxy groups -OCH3 is 2. The number of nitrogens with zero attached hydrogens (tertiary/aromatic N) is 1. The molecule has 1 aromatic rings. The van der Waals surface area contributed by atoms with Gasteiger partial charge in [0.1, 0.15) is 0 Å². The standard InChI is InChI=1S/C15H23NO4S/c1-12-5-6-13(2)14(11-12)21(17,18)16-9-7-15(19-3,20-4)8-10-16/h5-6,11H,7-10H2,1-4H3. The third kappa shape index (κ3) is 3.13. The smallest absolute Gasteiger partial charge is 0.243 e. The lowest BCUT2D eigenvalue weighted by Crippen LogP contribution is -2.48. The number of ether oxygens (including phenoxy) is 2. The summed E-state index contributed by atoms with van der Waals surface area (Å²) in [6.45, 7) is 4.52. The highest BCUT2D eigenvalue weighted by molar-refractivity contribution is 7.89. The number of hydrogen-bond acceptors (Lipinski definition) is 4. The fraction of sp³-hybridized carbons (Fsp3) is 0.600. The highest BCUT2D eigenvalue weighted by Crippen LogP contribution is 2.30. The van der Waals surface area contributed by atoms with Crippen molar-refractivity contribution in [3.63, 3.8) is 0 Å². The van der Waals surface area contributed by atoms with E-state index in [1.165, 1.54) is 4.31 Å². The highest BCUT2D eigenvalue weighted by atomic mass is 32.2. The van der Waals surface area contributed by atoms with Crippen molar-refractivity contribution in [3.8, 4) is 0 Å². The van der Waals surface area contributed by atoms with E-state index in [4.69, 9.17) is 9.47 Å². The maximum Gasteiger partial charge on any atom is 0.243 e. The summed E-state index contributed by atoms with van der Waals surface area (Å²) in [7, 11) is -0.268. The first-order valence-electron chi connectivity index (χ1n) is 7.02. The third-order valence-corrected chi connectivity index (χ3v) is 6.23. The van der Waals surface area contributed by atoms with Gasteiger partial charge in [0.25, 0.3) is 0 Å². The van der Waals surface area contributed by atoms with Gasteiger partial charge in [-0.25, -0.2) is 8.42 Å². The van der Waals surface area contributed by atoms with E-state index in [1.807, 2.05) is 26.0 Å². The largest absolute Gasteiger partial charge is 0.353 e. The zero-order valence-corrected chi connectivity index (χ0v) is 13.9. The first-order chi connectivity index (χ1) is 9.84. The fourth-order valence-electron chi connectivity index (χ4n) is 2.68. The van der Waals surface area contributed by atoms with Crippen LogP contribution in [0.25, 0.3) is 0 Å². The van der Waals surface area contributed by atoms with E-state index in [0.29, 0.717) is 30.8 Å². The van der Waals surface area contributed by atoms with Gasteiger partial charge in [0.15, 0.2) is 5.79 Å². The molecule has 2 rings (SSSR count). The number of benzene rings is 1. The molecule has 1 aliphatic rings. The van der Waals surface area contributed by atoms with Crippen LogP contribution in [-0.4, -0.2) is 45.8 Å². The molecule has 1 fully saturated rings. The van der Waals surface area contributed by atoms with Crippen LogP contribution < -0.4 is 0 Å². The quantitative estimate of drug-likeness (QED) is 0.799. The van der Waals surface area contributed by atoms with Gasteiger partial charge in [0.2, 0.25) is 10.0 Å². The zero-order chi connectivity index (χ0) is 15.7. The van der Waals surface area contributed by atoms with Crippen LogP contribution in [0.2, 0.25) is 0 Å². The molecule has 0 saturated carbocycles. The van der Waals surface area contributed by atoms with Crippen molar-refractivity contribution in [2.45, 2.75) is 37.4 Å². The first-order valence-corrected chi connectivity index (χ1v) is 8.46. The minimum atomic E-state index is -3.46. The number of piperidine rings is 1. The average Bonchev–Trinajstić information content (AvgIpc) is 2.49. The second-order valence-electron chi connectivity index (χ2n) is 5.49. The van der Waals surface area contributed by atoms with E-state index in [0.717, 1.165) is 11.1 Å². The molecule has 0 bridgehead atoms. The molecule has 1 saturated heterocycles. The van der Waals surface area contributed by atoms with Crippen LogP contribution in [0.4, 0.5) is 0 Å². The summed E-state index contributed by atoms with van der Waals surface area (Å²) in [5, 5.41) is 0. The summed E-state index contributed by atoms with van der Waals surface area (Å²) >= 11 is 0. The summed E-state index contributed by atoms with van der Waals surface area (Å²) in [5.74, 6) is -0.659. The number of hydrogen-bond donors (Lipinski definition) is 0. The van der Waals surface area contributed by atoms with Crippen molar-refractivity contribution >= 4 is 10.0 Å². The van der Waals surface area contributed by atoms with Gasteiger partial charge in [-0.15, -0.1) is 0 Å². The molecule has 1 aromatic carbocycles. The summed E-state index contributed by atoms with van der Waals surface area (Å²) in [6, 6.07) is 5.51. The van der Waals surface area contributed by atoms with Crippen molar-refractivity contribution in [2.75, 3.05) is 27.3 Å². The van der Waals surface area contributed by atoms with Gasteiger partial charge in [-0.2, -0.15) is 4.31 Å². The molecule has 0 spiro atoms. The molecule has 1 heterocycles. The first kappa shape index (κ1) is 16.4. The van der Waals surface area contributed by atoms with Crippen LogP contribution in [-0.2, 0) is 19.5 Å². The zero-order valence-electron chi connectivity index (χ0n) is 13.0. The SMILES string of the molecule is COC1(OC)CCN(S(=O)(=O)c2cc(C)ccc2C)CC1. The Labute approximate surface area is 126 Å². The van der Waals surface area contributed by atoms with Gasteiger partial charge in [0, 0.05) is 40.2 Å². The number of rotatable bonds is 4. The minimum Gasteiger partial charge on any atom is -0.353 e. The van der Waals surface area contributed by atoms with Crippen molar-refractivity contribution in [3.05, 3.63) is 29.3 Å². The highest BCUT2D eigenvalue weighted by Gasteiger charge is 2.39. The summed E-state index contributed by atoms with van der Waals surface area (Å²) in [5.41, 5.74) is 1.72. The Morgan fingerprint density at radius 1 is 1.10 bits per heavy atom. The summed E-state index contributed by atoms with van der Waals surface area (Å²) in [4.78, 5) is 0.393. The van der Waals surface area contributed by atoms with Crippen molar-refractivity contribution in [1.82, 2.24) is 4.31 Å². The van der Waals surface area contributed by atoms with Gasteiger partial charge in [0.05, 0.1) is 4.90 Å². The fourth-order valence-corrected chi connectivity index (χ4v) is 4.43. The van der Waals surface area contributed by atoms with E-state index in [1.54, 1.807) is 20.3 Å². The maximum atomic E-state index is 12.8. The Bertz CT molecular complexity index is 598. The van der Waals surface area contributed by atoms with Gasteiger partial charge < -0.3 is 9.47 Å². The molecular weight excluding hydrogens is 290 g/mol. The number of aryl methyl sites for hydroxylation is 2. The van der Waals surface area contributed by atoms with Gasteiger partial charge in [-0.1, -0.05) is 12.1 Å². The average molecular weight is 313 g/mol. The maximum absolute atomic E-state index is 12.8. The molecule has 0 amide bonds. The molecule has 0 unspecified atom stereocenters. The van der Waals surface area contributed by atoms with Crippen LogP contribution in [0, 0.1) is 13.8 Å². The van der Waals surface area contributed by atoms with Crippen molar-refractivity contribution in [2.24, 2.45) is 0 Å². The Morgan fingerprint density at radius 2 is 1.67 bits per heavy atom. The molecule has 5 nitrogen and oxygen atoms in total. The summed E-state index contributed by atoms with van der Waals surface area (Å²) in [6.07, 6.45) is 1.06. The molecule has 0 aliphatic carbocycles. The van der Waals surface area contributed by atoms with E-state index < -0.39 is 15.8 Å². The van der Waals surface area contributed by atoms with Gasteiger partial charge >= 0.3 is 0 Å². The lowest BCUT2D eigenvalue weighted by Gasteiger charge is -2.39. The Hall–Kier alpha value is -0.950. The Balaban J connectivity index is 2.24. The van der Waals surface area contributed by atoms with Crippen LogP contribution in [0.3, 0.4) is 0 Å². The number of sulfonamides is 1. The predicted octanol–water partition coefficient (Wildman–Crippen LogP) is 2.08. The van der Waals surface area contributed by atoms with Gasteiger partial charge in [-0.05, 0) is 31.0 Å². The Kier molecular flexibility index (Phi) is 4.72. The van der Waals surface area contributed by atoms with Crippen LogP contribution in [0.1, 0.15) is 24.0 Å². The molecule has 0 atom stereocenters. The lowest BCUT2D eigenvalue weighted by atomic mass is 10.1.